The first-order valence-electron chi connectivity index (χ1n) is 6.53. The molecule has 2 rings (SSSR count). The van der Waals surface area contributed by atoms with Gasteiger partial charge in [-0.05, 0) is 38.2 Å². The molecule has 22 heavy (non-hydrogen) atoms. The van der Waals surface area contributed by atoms with E-state index >= 15 is 0 Å². The van der Waals surface area contributed by atoms with E-state index < -0.39 is 12.0 Å². The molecule has 1 atom stereocenters. The summed E-state index contributed by atoms with van der Waals surface area (Å²) in [6.07, 6.45) is 1.55. The first-order valence-corrected chi connectivity index (χ1v) is 6.53. The Morgan fingerprint density at radius 1 is 1.41 bits per heavy atom. The summed E-state index contributed by atoms with van der Waals surface area (Å²) in [5, 5.41) is 8.97. The summed E-state index contributed by atoms with van der Waals surface area (Å²) in [7, 11) is 3.35. The number of methoxy groups -OCH3 is 1. The minimum Gasteiger partial charge on any atom is -0.497 e. The molecule has 0 fully saturated rings. The molecule has 7 heteroatoms. The van der Waals surface area contributed by atoms with Crippen LogP contribution in [0.15, 0.2) is 34.9 Å². The van der Waals surface area contributed by atoms with E-state index in [4.69, 9.17) is 14.3 Å². The highest BCUT2D eigenvalue weighted by Gasteiger charge is 2.18. The third-order valence-corrected chi connectivity index (χ3v) is 3.32. The molecule has 1 N–H and O–H groups in total. The number of carbonyl (C=O) groups is 1. The highest BCUT2D eigenvalue weighted by Crippen LogP contribution is 2.22. The lowest BCUT2D eigenvalue weighted by Gasteiger charge is -2.19. The molecular weight excluding hydrogens is 308 g/mol. The SMILES string of the molecule is COc1ccc(-c2nc(CN(C)C(C)C(=O)O)co2)cc1.Cl. The van der Waals surface area contributed by atoms with E-state index in [1.807, 2.05) is 24.3 Å². The van der Waals surface area contributed by atoms with Crippen molar-refractivity contribution in [2.45, 2.75) is 19.5 Å². The fourth-order valence-corrected chi connectivity index (χ4v) is 1.83. The van der Waals surface area contributed by atoms with Gasteiger partial charge in [0.15, 0.2) is 0 Å². The van der Waals surface area contributed by atoms with Gasteiger partial charge in [0.1, 0.15) is 18.1 Å². The lowest BCUT2D eigenvalue weighted by atomic mass is 10.2. The molecule has 1 aromatic heterocycles. The van der Waals surface area contributed by atoms with Gasteiger partial charge in [0.2, 0.25) is 5.89 Å². The van der Waals surface area contributed by atoms with Gasteiger partial charge in [-0.2, -0.15) is 0 Å². The molecule has 0 saturated carbocycles. The largest absolute Gasteiger partial charge is 0.497 e. The second-order valence-corrected chi connectivity index (χ2v) is 4.80. The molecule has 0 saturated heterocycles. The normalized spacial score (nSPS) is 11.8. The molecule has 2 aromatic rings. The average Bonchev–Trinajstić information content (AvgIpc) is 2.94. The Balaban J connectivity index is 0.00000242. The number of hydrogen-bond acceptors (Lipinski definition) is 5. The van der Waals surface area contributed by atoms with Crippen molar-refractivity contribution in [3.05, 3.63) is 36.2 Å². The van der Waals surface area contributed by atoms with Crippen LogP contribution in [0.1, 0.15) is 12.6 Å². The Morgan fingerprint density at radius 3 is 2.59 bits per heavy atom. The molecule has 0 spiro atoms. The number of rotatable bonds is 6. The number of ether oxygens (including phenoxy) is 1. The number of carboxylic acid groups (broad SMARTS) is 1. The second kappa shape index (κ2) is 7.82. The fourth-order valence-electron chi connectivity index (χ4n) is 1.83. The van der Waals surface area contributed by atoms with Gasteiger partial charge in [-0.15, -0.1) is 12.4 Å². The van der Waals surface area contributed by atoms with Crippen LogP contribution >= 0.6 is 12.4 Å². The number of aromatic nitrogens is 1. The van der Waals surface area contributed by atoms with Gasteiger partial charge >= 0.3 is 5.97 Å². The van der Waals surface area contributed by atoms with Crippen LogP contribution in [0.4, 0.5) is 0 Å². The Morgan fingerprint density at radius 2 is 2.05 bits per heavy atom. The molecule has 0 bridgehead atoms. The summed E-state index contributed by atoms with van der Waals surface area (Å²) >= 11 is 0. The maximum Gasteiger partial charge on any atom is 0.320 e. The Kier molecular flexibility index (Phi) is 6.39. The van der Waals surface area contributed by atoms with Crippen molar-refractivity contribution < 1.29 is 19.1 Å². The standard InChI is InChI=1S/C15H18N2O4.ClH/c1-10(15(18)19)17(2)8-12-9-21-14(16-12)11-4-6-13(20-3)7-5-11;/h4-7,9-10H,8H2,1-3H3,(H,18,19);1H. The van der Waals surface area contributed by atoms with Gasteiger partial charge in [0, 0.05) is 12.1 Å². The van der Waals surface area contributed by atoms with Crippen LogP contribution in [0.3, 0.4) is 0 Å². The van der Waals surface area contributed by atoms with Crippen molar-refractivity contribution >= 4 is 18.4 Å². The van der Waals surface area contributed by atoms with Crippen LogP contribution in [0.2, 0.25) is 0 Å². The third-order valence-electron chi connectivity index (χ3n) is 3.32. The minimum atomic E-state index is -0.864. The monoisotopic (exact) mass is 326 g/mol. The number of aliphatic carboxylic acids is 1. The lowest BCUT2D eigenvalue weighted by molar-refractivity contribution is -0.142. The highest BCUT2D eigenvalue weighted by atomic mass is 35.5. The number of oxazole rings is 1. The van der Waals surface area contributed by atoms with Crippen molar-refractivity contribution in [3.8, 4) is 17.2 Å². The summed E-state index contributed by atoms with van der Waals surface area (Å²) < 4.78 is 10.5. The van der Waals surface area contributed by atoms with Crippen LogP contribution in [0.25, 0.3) is 11.5 Å². The van der Waals surface area contributed by atoms with Gasteiger partial charge < -0.3 is 14.3 Å². The zero-order chi connectivity index (χ0) is 15.4. The van der Waals surface area contributed by atoms with Crippen molar-refractivity contribution in [3.63, 3.8) is 0 Å². The van der Waals surface area contributed by atoms with E-state index in [0.717, 1.165) is 11.3 Å². The van der Waals surface area contributed by atoms with Crippen LogP contribution < -0.4 is 4.74 Å². The van der Waals surface area contributed by atoms with E-state index in [-0.39, 0.29) is 12.4 Å². The fraction of sp³-hybridized carbons (Fsp3) is 0.333. The quantitative estimate of drug-likeness (QED) is 0.879. The average molecular weight is 327 g/mol. The Labute approximate surface area is 135 Å². The molecule has 1 heterocycles. The van der Waals surface area contributed by atoms with Crippen LogP contribution in [-0.2, 0) is 11.3 Å². The number of hydrogen-bond donors (Lipinski definition) is 1. The first-order chi connectivity index (χ1) is 10.0. The molecule has 0 amide bonds. The zero-order valence-electron chi connectivity index (χ0n) is 12.6. The van der Waals surface area contributed by atoms with Crippen LogP contribution in [-0.4, -0.2) is 41.2 Å². The molecule has 0 aliphatic heterocycles. The van der Waals surface area contributed by atoms with Crippen LogP contribution in [0.5, 0.6) is 5.75 Å². The predicted octanol–water partition coefficient (Wildman–Crippen LogP) is 2.68. The van der Waals surface area contributed by atoms with Gasteiger partial charge in [0.05, 0.1) is 12.8 Å². The maximum absolute atomic E-state index is 10.9. The van der Waals surface area contributed by atoms with Gasteiger partial charge in [0.25, 0.3) is 0 Å². The summed E-state index contributed by atoms with van der Waals surface area (Å²) in [6, 6.07) is 6.80. The number of likely N-dealkylation sites (N-methyl/N-ethyl adjacent to an activating group) is 1. The first kappa shape index (κ1) is 18.0. The predicted molar refractivity (Wildman–Crippen MR) is 84.3 cm³/mol. The summed E-state index contributed by atoms with van der Waals surface area (Å²) in [5.74, 6) is 0.404. The van der Waals surface area contributed by atoms with Crippen molar-refractivity contribution in [2.24, 2.45) is 0 Å². The molecule has 1 unspecified atom stereocenters. The molecule has 0 radical (unpaired) electrons. The second-order valence-electron chi connectivity index (χ2n) is 4.80. The Hall–Kier alpha value is -2.05. The minimum absolute atomic E-state index is 0. The number of halogens is 1. The molecule has 6 nitrogen and oxygen atoms in total. The van der Waals surface area contributed by atoms with Crippen molar-refractivity contribution in [1.82, 2.24) is 9.88 Å². The van der Waals surface area contributed by atoms with Gasteiger partial charge in [-0.3, -0.25) is 9.69 Å². The summed E-state index contributed by atoms with van der Waals surface area (Å²) in [5.41, 5.74) is 1.53. The van der Waals surface area contributed by atoms with Crippen molar-refractivity contribution in [2.75, 3.05) is 14.2 Å². The zero-order valence-corrected chi connectivity index (χ0v) is 13.5. The number of carboxylic acids is 1. The maximum atomic E-state index is 10.9. The van der Waals surface area contributed by atoms with Gasteiger partial charge in [-0.1, -0.05) is 0 Å². The summed E-state index contributed by atoms with van der Waals surface area (Å²) in [4.78, 5) is 17.0. The van der Waals surface area contributed by atoms with Crippen LogP contribution in [0, 0.1) is 0 Å². The smallest absolute Gasteiger partial charge is 0.320 e. The third kappa shape index (κ3) is 4.22. The van der Waals surface area contributed by atoms with Gasteiger partial charge in [-0.25, -0.2) is 4.98 Å². The van der Waals surface area contributed by atoms with E-state index in [9.17, 15) is 4.79 Å². The topological polar surface area (TPSA) is 75.8 Å². The molecule has 0 aliphatic carbocycles. The van der Waals surface area contributed by atoms with Crippen molar-refractivity contribution in [1.29, 1.82) is 0 Å². The summed E-state index contributed by atoms with van der Waals surface area (Å²) in [6.45, 7) is 2.04. The molecule has 1 aromatic carbocycles. The Bertz CT molecular complexity index is 612. The number of benzene rings is 1. The lowest BCUT2D eigenvalue weighted by Crippen LogP contribution is -2.35. The molecule has 120 valence electrons. The van der Waals surface area contributed by atoms with E-state index in [2.05, 4.69) is 4.98 Å². The van der Waals surface area contributed by atoms with E-state index in [1.165, 1.54) is 0 Å². The highest BCUT2D eigenvalue weighted by molar-refractivity contribution is 5.85. The van der Waals surface area contributed by atoms with E-state index in [1.54, 1.807) is 32.2 Å². The number of nitrogens with zero attached hydrogens (tertiary/aromatic N) is 2. The molecular formula is C15H19ClN2O4. The van der Waals surface area contributed by atoms with E-state index in [0.29, 0.717) is 18.1 Å². The molecule has 0 aliphatic rings.